The first kappa shape index (κ1) is 8.00. The van der Waals surface area contributed by atoms with E-state index in [9.17, 15) is 0 Å². The van der Waals surface area contributed by atoms with Crippen molar-refractivity contribution in [2.24, 2.45) is 0 Å². The predicted molar refractivity (Wildman–Crippen MR) is 38.7 cm³/mol. The van der Waals surface area contributed by atoms with Crippen LogP contribution in [-0.2, 0) is 0 Å². The maximum absolute atomic E-state index is 2.25. The largest absolute Gasteiger partial charge is 0.0654 e. The fourth-order valence-corrected chi connectivity index (χ4v) is 0.775. The minimum absolute atomic E-state index is 1.31. The Morgan fingerprint density at radius 3 is 2.38 bits per heavy atom. The lowest BCUT2D eigenvalue weighted by molar-refractivity contribution is 0.662. The molecule has 0 bridgehead atoms. The number of hydrogen-bond acceptors (Lipinski definition) is 0. The highest BCUT2D eigenvalue weighted by Gasteiger charge is 1.83. The van der Waals surface area contributed by atoms with Gasteiger partial charge < -0.3 is 0 Å². The molecule has 0 heterocycles. The van der Waals surface area contributed by atoms with E-state index in [1.165, 1.54) is 32.1 Å². The summed E-state index contributed by atoms with van der Waals surface area (Å²) in [5.41, 5.74) is 0. The van der Waals surface area contributed by atoms with E-state index in [2.05, 4.69) is 20.3 Å². The molecule has 0 aliphatic carbocycles. The van der Waals surface area contributed by atoms with E-state index in [-0.39, 0.29) is 0 Å². The molecule has 0 saturated heterocycles. The van der Waals surface area contributed by atoms with Gasteiger partial charge in [0.1, 0.15) is 0 Å². The standard InChI is InChI=1S/C8H17/c1-3-5-7-8-6-4-2/h3H,4-8H2,1-2H3. The molecule has 0 fully saturated rings. The van der Waals surface area contributed by atoms with Gasteiger partial charge in [-0.2, -0.15) is 0 Å². The second-order valence-electron chi connectivity index (χ2n) is 2.26. The lowest BCUT2D eigenvalue weighted by Crippen LogP contribution is -1.74. The van der Waals surface area contributed by atoms with Crippen molar-refractivity contribution in [3.63, 3.8) is 0 Å². The molecule has 0 rings (SSSR count). The molecule has 8 heavy (non-hydrogen) atoms. The summed E-state index contributed by atoms with van der Waals surface area (Å²) in [6, 6.07) is 0. The van der Waals surface area contributed by atoms with Crippen molar-refractivity contribution >= 4 is 0 Å². The molecule has 0 nitrogen and oxygen atoms in total. The van der Waals surface area contributed by atoms with E-state index in [0.29, 0.717) is 0 Å². The summed E-state index contributed by atoms with van der Waals surface area (Å²) in [5, 5.41) is 0. The maximum atomic E-state index is 2.25. The third kappa shape index (κ3) is 6.00. The molecule has 0 amide bonds. The van der Waals surface area contributed by atoms with Crippen LogP contribution in [0.25, 0.3) is 0 Å². The van der Waals surface area contributed by atoms with Crippen LogP contribution in [0.15, 0.2) is 0 Å². The van der Waals surface area contributed by atoms with Crippen molar-refractivity contribution in [3.05, 3.63) is 6.42 Å². The number of rotatable bonds is 5. The van der Waals surface area contributed by atoms with Crippen molar-refractivity contribution in [2.45, 2.75) is 46.0 Å². The van der Waals surface area contributed by atoms with Crippen LogP contribution in [0.3, 0.4) is 0 Å². The van der Waals surface area contributed by atoms with Gasteiger partial charge in [-0.1, -0.05) is 46.0 Å². The lowest BCUT2D eigenvalue weighted by atomic mass is 10.1. The van der Waals surface area contributed by atoms with E-state index in [0.717, 1.165) is 0 Å². The van der Waals surface area contributed by atoms with Crippen LogP contribution in [-0.4, -0.2) is 0 Å². The van der Waals surface area contributed by atoms with E-state index in [4.69, 9.17) is 0 Å². The lowest BCUT2D eigenvalue weighted by Gasteiger charge is -1.93. The molecule has 0 spiro atoms. The van der Waals surface area contributed by atoms with Crippen LogP contribution < -0.4 is 0 Å². The quantitative estimate of drug-likeness (QED) is 0.480. The van der Waals surface area contributed by atoms with Gasteiger partial charge in [-0.05, 0) is 6.42 Å². The van der Waals surface area contributed by atoms with Gasteiger partial charge in [-0.3, -0.25) is 0 Å². The van der Waals surface area contributed by atoms with Crippen molar-refractivity contribution in [3.8, 4) is 0 Å². The van der Waals surface area contributed by atoms with E-state index in [1.54, 1.807) is 0 Å². The Morgan fingerprint density at radius 2 is 1.88 bits per heavy atom. The van der Waals surface area contributed by atoms with Gasteiger partial charge in [0.05, 0.1) is 0 Å². The van der Waals surface area contributed by atoms with E-state index in [1.807, 2.05) is 0 Å². The molecule has 0 atom stereocenters. The van der Waals surface area contributed by atoms with Crippen molar-refractivity contribution < 1.29 is 0 Å². The van der Waals surface area contributed by atoms with Gasteiger partial charge in [0.25, 0.3) is 0 Å². The average molecular weight is 113 g/mol. The second-order valence-corrected chi connectivity index (χ2v) is 2.26. The normalized spacial score (nSPS) is 9.75. The third-order valence-corrected chi connectivity index (χ3v) is 1.35. The zero-order chi connectivity index (χ0) is 6.24. The Morgan fingerprint density at radius 1 is 1.12 bits per heavy atom. The minimum atomic E-state index is 1.31. The maximum Gasteiger partial charge on any atom is -0.0417 e. The topological polar surface area (TPSA) is 0 Å². The minimum Gasteiger partial charge on any atom is -0.0654 e. The number of unbranched alkanes of at least 4 members (excludes halogenated alkanes) is 5. The molecule has 0 aliphatic rings. The van der Waals surface area contributed by atoms with Crippen LogP contribution in [0.2, 0.25) is 0 Å². The molecule has 0 unspecified atom stereocenters. The molecule has 0 heteroatoms. The Kier molecular flexibility index (Phi) is 7.00. The first-order chi connectivity index (χ1) is 3.91. The molecule has 1 radical (unpaired) electrons. The summed E-state index contributed by atoms with van der Waals surface area (Å²) in [4.78, 5) is 0. The molecule has 0 aromatic carbocycles. The van der Waals surface area contributed by atoms with Crippen molar-refractivity contribution in [1.29, 1.82) is 0 Å². The summed E-state index contributed by atoms with van der Waals surface area (Å²) >= 11 is 0. The Balaban J connectivity index is 2.53. The SMILES string of the molecule is C[CH]CCCCCC. The third-order valence-electron chi connectivity index (χ3n) is 1.35. The summed E-state index contributed by atoms with van der Waals surface area (Å²) in [5.74, 6) is 0. The Labute approximate surface area is 53.3 Å². The van der Waals surface area contributed by atoms with Crippen molar-refractivity contribution in [2.75, 3.05) is 0 Å². The molecular formula is C8H17. The second kappa shape index (κ2) is 7.00. The van der Waals surface area contributed by atoms with Crippen LogP contribution in [0, 0.1) is 6.42 Å². The van der Waals surface area contributed by atoms with Gasteiger partial charge in [0.2, 0.25) is 0 Å². The summed E-state index contributed by atoms with van der Waals surface area (Å²) < 4.78 is 0. The van der Waals surface area contributed by atoms with Crippen molar-refractivity contribution in [1.82, 2.24) is 0 Å². The highest BCUT2D eigenvalue weighted by atomic mass is 13.9. The fraction of sp³-hybridized carbons (Fsp3) is 0.875. The molecule has 0 aromatic heterocycles. The van der Waals surface area contributed by atoms with E-state index < -0.39 is 0 Å². The van der Waals surface area contributed by atoms with Gasteiger partial charge in [0.15, 0.2) is 0 Å². The van der Waals surface area contributed by atoms with Gasteiger partial charge in [0, 0.05) is 0 Å². The Hall–Kier alpha value is 0. The smallest absolute Gasteiger partial charge is 0.0417 e. The molecular weight excluding hydrogens is 96.1 g/mol. The average Bonchev–Trinajstić information content (AvgIpc) is 1.81. The molecule has 0 saturated carbocycles. The molecule has 0 N–H and O–H groups in total. The van der Waals surface area contributed by atoms with Crippen LogP contribution in [0.4, 0.5) is 0 Å². The van der Waals surface area contributed by atoms with Gasteiger partial charge in [-0.15, -0.1) is 0 Å². The first-order valence-electron chi connectivity index (χ1n) is 3.69. The summed E-state index contributed by atoms with van der Waals surface area (Å²) in [7, 11) is 0. The zero-order valence-electron chi connectivity index (χ0n) is 6.11. The number of hydrogen-bond donors (Lipinski definition) is 0. The molecule has 0 aromatic rings. The zero-order valence-corrected chi connectivity index (χ0v) is 6.11. The Bertz CT molecular complexity index is 25.0. The predicted octanol–water partition coefficient (Wildman–Crippen LogP) is 3.18. The highest BCUT2D eigenvalue weighted by Crippen LogP contribution is 2.02. The van der Waals surface area contributed by atoms with Gasteiger partial charge >= 0.3 is 0 Å². The summed E-state index contributed by atoms with van der Waals surface area (Å²) in [6.45, 7) is 4.38. The van der Waals surface area contributed by atoms with Crippen LogP contribution >= 0.6 is 0 Å². The summed E-state index contributed by atoms with van der Waals surface area (Å²) in [6.07, 6.45) is 9.12. The molecule has 49 valence electrons. The fourth-order valence-electron chi connectivity index (χ4n) is 0.775. The van der Waals surface area contributed by atoms with Crippen LogP contribution in [0.5, 0.6) is 0 Å². The first-order valence-corrected chi connectivity index (χ1v) is 3.69. The monoisotopic (exact) mass is 113 g/mol. The van der Waals surface area contributed by atoms with E-state index >= 15 is 0 Å². The highest BCUT2D eigenvalue weighted by molar-refractivity contribution is 4.54. The van der Waals surface area contributed by atoms with Crippen LogP contribution in [0.1, 0.15) is 46.0 Å². The van der Waals surface area contributed by atoms with Gasteiger partial charge in [-0.25, -0.2) is 0 Å². The molecule has 0 aliphatic heterocycles.